The van der Waals surface area contributed by atoms with Gasteiger partial charge in [-0.2, -0.15) is 0 Å². The average Bonchev–Trinajstić information content (AvgIpc) is 2.68. The molecule has 1 aromatic rings. The minimum absolute atomic E-state index is 0.139. The molecule has 0 amide bonds. The Hall–Kier alpha value is -0.740. The van der Waals surface area contributed by atoms with Crippen LogP contribution in [0, 0.1) is 5.92 Å². The molecule has 1 aliphatic heterocycles. The first-order chi connectivity index (χ1) is 7.66. The van der Waals surface area contributed by atoms with E-state index in [1.54, 1.807) is 6.20 Å². The first kappa shape index (κ1) is 11.7. The van der Waals surface area contributed by atoms with E-state index in [1.807, 2.05) is 12.1 Å². The van der Waals surface area contributed by atoms with E-state index in [0.29, 0.717) is 18.9 Å². The van der Waals surface area contributed by atoms with Gasteiger partial charge in [0.05, 0.1) is 6.42 Å². The maximum absolute atomic E-state index is 11.9. The van der Waals surface area contributed by atoms with Crippen molar-refractivity contribution in [2.45, 2.75) is 25.9 Å². The summed E-state index contributed by atoms with van der Waals surface area (Å²) in [6.07, 6.45) is 2.82. The van der Waals surface area contributed by atoms with Crippen molar-refractivity contribution in [3.8, 4) is 0 Å². The lowest BCUT2D eigenvalue weighted by Gasteiger charge is -2.12. The second-order valence-electron chi connectivity index (χ2n) is 4.17. The van der Waals surface area contributed by atoms with Crippen LogP contribution in [0.3, 0.4) is 0 Å². The first-order valence-corrected chi connectivity index (χ1v) is 6.21. The Morgan fingerprint density at radius 3 is 3.00 bits per heavy atom. The Morgan fingerprint density at radius 1 is 1.62 bits per heavy atom. The quantitative estimate of drug-likeness (QED) is 0.855. The fourth-order valence-electron chi connectivity index (χ4n) is 1.90. The number of ether oxygens (including phenoxy) is 1. The molecular weight excluding hydrogens is 270 g/mol. The Balaban J connectivity index is 1.99. The van der Waals surface area contributed by atoms with Gasteiger partial charge in [0.2, 0.25) is 0 Å². The summed E-state index contributed by atoms with van der Waals surface area (Å²) >= 11 is 3.32. The Bertz CT molecular complexity index is 377. The molecule has 0 bridgehead atoms. The van der Waals surface area contributed by atoms with Gasteiger partial charge in [0.15, 0.2) is 5.78 Å². The molecule has 2 unspecified atom stereocenters. The molecule has 1 fully saturated rings. The minimum Gasteiger partial charge on any atom is -0.370 e. The molecule has 1 aromatic heterocycles. The van der Waals surface area contributed by atoms with Gasteiger partial charge < -0.3 is 4.74 Å². The third kappa shape index (κ3) is 2.68. The summed E-state index contributed by atoms with van der Waals surface area (Å²) in [6.45, 7) is 2.76. The molecule has 0 aromatic carbocycles. The minimum atomic E-state index is -0.231. The van der Waals surface area contributed by atoms with Crippen molar-refractivity contribution in [1.82, 2.24) is 4.98 Å². The molecule has 4 heteroatoms. The highest BCUT2D eigenvalue weighted by atomic mass is 79.9. The molecule has 0 radical (unpaired) electrons. The molecule has 3 nitrogen and oxygen atoms in total. The predicted octanol–water partition coefficient (Wildman–Crippen LogP) is 2.38. The summed E-state index contributed by atoms with van der Waals surface area (Å²) < 4.78 is 6.36. The molecule has 0 aliphatic carbocycles. The summed E-state index contributed by atoms with van der Waals surface area (Å²) in [5, 5.41) is 0. The first-order valence-electron chi connectivity index (χ1n) is 5.41. The molecule has 86 valence electrons. The molecule has 16 heavy (non-hydrogen) atoms. The summed E-state index contributed by atoms with van der Waals surface area (Å²) in [4.78, 5) is 16.1. The Morgan fingerprint density at radius 2 is 2.44 bits per heavy atom. The highest BCUT2D eigenvalue weighted by Crippen LogP contribution is 2.21. The van der Waals surface area contributed by atoms with Gasteiger partial charge in [-0.1, -0.05) is 6.92 Å². The summed E-state index contributed by atoms with van der Waals surface area (Å²) in [7, 11) is 0. The second-order valence-corrected chi connectivity index (χ2v) is 5.08. The lowest BCUT2D eigenvalue weighted by molar-refractivity contribution is -0.128. The van der Waals surface area contributed by atoms with Crippen LogP contribution in [-0.4, -0.2) is 23.5 Å². The third-order valence-electron chi connectivity index (χ3n) is 2.85. The van der Waals surface area contributed by atoms with Crippen LogP contribution in [-0.2, 0) is 16.0 Å². The maximum Gasteiger partial charge on any atom is 0.167 e. The van der Waals surface area contributed by atoms with Crippen LogP contribution < -0.4 is 0 Å². The lowest BCUT2D eigenvalue weighted by Crippen LogP contribution is -2.27. The van der Waals surface area contributed by atoms with Crippen LogP contribution in [0.25, 0.3) is 0 Å². The molecule has 2 atom stereocenters. The molecule has 1 aliphatic rings. The largest absolute Gasteiger partial charge is 0.370 e. The van der Waals surface area contributed by atoms with Gasteiger partial charge >= 0.3 is 0 Å². The van der Waals surface area contributed by atoms with Gasteiger partial charge in [0, 0.05) is 23.0 Å². The zero-order valence-electron chi connectivity index (χ0n) is 9.15. The van der Waals surface area contributed by atoms with E-state index >= 15 is 0 Å². The normalized spacial score (nSPS) is 24.6. The van der Waals surface area contributed by atoms with Crippen molar-refractivity contribution >= 4 is 21.7 Å². The van der Waals surface area contributed by atoms with Crippen molar-refractivity contribution in [3.05, 3.63) is 28.5 Å². The topological polar surface area (TPSA) is 39.2 Å². The fourth-order valence-corrected chi connectivity index (χ4v) is 2.13. The average molecular weight is 284 g/mol. The van der Waals surface area contributed by atoms with Crippen molar-refractivity contribution in [2.75, 3.05) is 6.61 Å². The summed E-state index contributed by atoms with van der Waals surface area (Å²) in [5.74, 6) is 0.475. The smallest absolute Gasteiger partial charge is 0.167 e. The third-order valence-corrected chi connectivity index (χ3v) is 3.32. The molecule has 2 heterocycles. The van der Waals surface area contributed by atoms with E-state index in [-0.39, 0.29) is 11.9 Å². The number of nitrogens with zero attached hydrogens (tertiary/aromatic N) is 1. The molecule has 0 spiro atoms. The van der Waals surface area contributed by atoms with Crippen molar-refractivity contribution < 1.29 is 9.53 Å². The number of ketones is 1. The van der Waals surface area contributed by atoms with Gasteiger partial charge in [-0.15, -0.1) is 0 Å². The number of hydrogen-bond donors (Lipinski definition) is 0. The number of halogens is 1. The predicted molar refractivity (Wildman–Crippen MR) is 64.2 cm³/mol. The van der Waals surface area contributed by atoms with Gasteiger partial charge in [0.1, 0.15) is 6.10 Å². The van der Waals surface area contributed by atoms with E-state index < -0.39 is 0 Å². The van der Waals surface area contributed by atoms with Crippen molar-refractivity contribution in [3.63, 3.8) is 0 Å². The number of aromatic nitrogens is 1. The zero-order chi connectivity index (χ0) is 11.5. The lowest BCUT2D eigenvalue weighted by atomic mass is 9.98. The van der Waals surface area contributed by atoms with Crippen LogP contribution in [0.4, 0.5) is 0 Å². The van der Waals surface area contributed by atoms with Gasteiger partial charge in [-0.3, -0.25) is 9.78 Å². The van der Waals surface area contributed by atoms with E-state index in [0.717, 1.165) is 16.6 Å². The number of pyridine rings is 1. The number of hydrogen-bond acceptors (Lipinski definition) is 3. The van der Waals surface area contributed by atoms with Crippen molar-refractivity contribution in [1.29, 1.82) is 0 Å². The fraction of sp³-hybridized carbons (Fsp3) is 0.500. The van der Waals surface area contributed by atoms with Gasteiger partial charge in [-0.05, 0) is 40.4 Å². The van der Waals surface area contributed by atoms with Gasteiger partial charge in [0.25, 0.3) is 0 Å². The summed E-state index contributed by atoms with van der Waals surface area (Å²) in [5.41, 5.74) is 0.802. The van der Waals surface area contributed by atoms with Crippen LogP contribution >= 0.6 is 15.9 Å². The monoisotopic (exact) mass is 283 g/mol. The number of rotatable bonds is 3. The molecular formula is C12H14BrNO2. The second kappa shape index (κ2) is 5.06. The number of Topliss-reactive ketones (excluding diaryl/α,β-unsaturated/α-hetero) is 1. The highest BCUT2D eigenvalue weighted by Gasteiger charge is 2.30. The van der Waals surface area contributed by atoms with E-state index in [2.05, 4.69) is 27.8 Å². The maximum atomic E-state index is 11.9. The van der Waals surface area contributed by atoms with E-state index in [9.17, 15) is 4.79 Å². The van der Waals surface area contributed by atoms with Crippen molar-refractivity contribution in [2.24, 2.45) is 5.92 Å². The van der Waals surface area contributed by atoms with Gasteiger partial charge in [-0.25, -0.2) is 0 Å². The zero-order valence-corrected chi connectivity index (χ0v) is 10.7. The van der Waals surface area contributed by atoms with Crippen LogP contribution in [0.1, 0.15) is 19.0 Å². The number of carbonyl (C=O) groups is 1. The Labute approximate surface area is 103 Å². The molecule has 2 rings (SSSR count). The van der Waals surface area contributed by atoms with E-state index in [4.69, 9.17) is 4.74 Å². The van der Waals surface area contributed by atoms with Crippen LogP contribution in [0.5, 0.6) is 0 Å². The summed E-state index contributed by atoms with van der Waals surface area (Å²) in [6, 6.07) is 3.76. The SMILES string of the molecule is CC1CCOC1C(=O)Cc1ccc(Br)cn1. The standard InChI is InChI=1S/C12H14BrNO2/c1-8-4-5-16-12(8)11(15)6-10-3-2-9(13)7-14-10/h2-3,7-8,12H,4-6H2,1H3. The number of carbonyl (C=O) groups excluding carboxylic acids is 1. The molecule has 0 saturated carbocycles. The highest BCUT2D eigenvalue weighted by molar-refractivity contribution is 9.10. The molecule has 0 N–H and O–H groups in total. The Kier molecular flexibility index (Phi) is 3.71. The van der Waals surface area contributed by atoms with Crippen LogP contribution in [0.2, 0.25) is 0 Å². The van der Waals surface area contributed by atoms with Crippen LogP contribution in [0.15, 0.2) is 22.8 Å². The molecule has 1 saturated heterocycles. The van der Waals surface area contributed by atoms with E-state index in [1.165, 1.54) is 0 Å².